The van der Waals surface area contributed by atoms with Gasteiger partial charge < -0.3 is 5.11 Å². The lowest BCUT2D eigenvalue weighted by Gasteiger charge is -2.21. The largest absolute Gasteiger partial charge is 0.507 e. The minimum atomic E-state index is -0.600. The Balaban J connectivity index is 1.68. The van der Waals surface area contributed by atoms with Crippen molar-refractivity contribution in [3.8, 4) is 0 Å². The quantitative estimate of drug-likeness (QED) is 0.581. The first-order valence-corrected chi connectivity index (χ1v) is 9.78. The molecule has 144 valence electrons. The van der Waals surface area contributed by atoms with E-state index in [-0.39, 0.29) is 22.8 Å². The van der Waals surface area contributed by atoms with E-state index in [2.05, 4.69) is 36.4 Å². The van der Waals surface area contributed by atoms with Crippen molar-refractivity contribution in [1.29, 1.82) is 0 Å². The van der Waals surface area contributed by atoms with Crippen LogP contribution in [0.2, 0.25) is 0 Å². The van der Waals surface area contributed by atoms with Crippen molar-refractivity contribution in [2.24, 2.45) is 0 Å². The number of hydrogen-bond acceptors (Lipinski definition) is 3. The highest BCUT2D eigenvalue weighted by Gasteiger charge is 2.32. The van der Waals surface area contributed by atoms with E-state index in [4.69, 9.17) is 0 Å². The Bertz CT molecular complexity index is 1090. The van der Waals surface area contributed by atoms with Crippen LogP contribution < -0.4 is 0 Å². The average molecular weight is 382 g/mol. The lowest BCUT2D eigenvalue weighted by Crippen LogP contribution is -2.24. The van der Waals surface area contributed by atoms with E-state index < -0.39 is 11.6 Å². The molecule has 1 N–H and O–H groups in total. The van der Waals surface area contributed by atoms with Gasteiger partial charge in [0.05, 0.1) is 0 Å². The SMILES string of the molecule is Cc1ccc(C(CCC2=C(O)c3ccccc3C(=O)C2=O)c2ccccc2)cc1. The van der Waals surface area contributed by atoms with Crippen molar-refractivity contribution in [3.05, 3.63) is 112 Å². The van der Waals surface area contributed by atoms with E-state index in [0.717, 1.165) is 11.1 Å². The number of rotatable bonds is 5. The second-order valence-electron chi connectivity index (χ2n) is 7.44. The summed E-state index contributed by atoms with van der Waals surface area (Å²) in [6.45, 7) is 2.05. The smallest absolute Gasteiger partial charge is 0.234 e. The van der Waals surface area contributed by atoms with E-state index in [1.165, 1.54) is 5.56 Å². The molecule has 29 heavy (non-hydrogen) atoms. The van der Waals surface area contributed by atoms with Gasteiger partial charge in [0.1, 0.15) is 5.76 Å². The van der Waals surface area contributed by atoms with Crippen LogP contribution >= 0.6 is 0 Å². The summed E-state index contributed by atoms with van der Waals surface area (Å²) >= 11 is 0. The third-order valence-electron chi connectivity index (χ3n) is 5.56. The topological polar surface area (TPSA) is 54.4 Å². The Morgan fingerprint density at radius 3 is 2.00 bits per heavy atom. The van der Waals surface area contributed by atoms with Gasteiger partial charge in [0.2, 0.25) is 11.6 Å². The molecular weight excluding hydrogens is 360 g/mol. The molecular formula is C26H22O3. The number of carbonyl (C=O) groups excluding carboxylic acids is 2. The molecule has 0 saturated carbocycles. The maximum Gasteiger partial charge on any atom is 0.234 e. The summed E-state index contributed by atoms with van der Waals surface area (Å²) in [6.07, 6.45) is 0.950. The van der Waals surface area contributed by atoms with E-state index in [9.17, 15) is 14.7 Å². The van der Waals surface area contributed by atoms with E-state index >= 15 is 0 Å². The minimum absolute atomic E-state index is 0.0668. The molecule has 0 heterocycles. The monoisotopic (exact) mass is 382 g/mol. The van der Waals surface area contributed by atoms with Crippen LogP contribution in [-0.4, -0.2) is 16.7 Å². The summed E-state index contributed by atoms with van der Waals surface area (Å²) < 4.78 is 0. The second-order valence-corrected chi connectivity index (χ2v) is 7.44. The second kappa shape index (κ2) is 7.88. The highest BCUT2D eigenvalue weighted by Crippen LogP contribution is 2.35. The predicted molar refractivity (Wildman–Crippen MR) is 114 cm³/mol. The average Bonchev–Trinajstić information content (AvgIpc) is 2.76. The Morgan fingerprint density at radius 2 is 1.31 bits per heavy atom. The summed E-state index contributed by atoms with van der Waals surface area (Å²) in [5.41, 5.74) is 4.41. The van der Waals surface area contributed by atoms with Crippen molar-refractivity contribution >= 4 is 17.3 Å². The molecule has 3 aromatic carbocycles. The molecule has 0 spiro atoms. The summed E-state index contributed by atoms with van der Waals surface area (Å²) in [5, 5.41) is 10.7. The maximum absolute atomic E-state index is 12.7. The molecule has 0 radical (unpaired) electrons. The summed E-state index contributed by atoms with van der Waals surface area (Å²) in [5.74, 6) is -1.14. The first kappa shape index (κ1) is 18.9. The molecule has 0 saturated heterocycles. The molecule has 1 unspecified atom stereocenters. The van der Waals surface area contributed by atoms with Gasteiger partial charge in [-0.25, -0.2) is 0 Å². The van der Waals surface area contributed by atoms with Gasteiger partial charge in [-0.05, 0) is 30.9 Å². The van der Waals surface area contributed by atoms with E-state index in [0.29, 0.717) is 18.4 Å². The van der Waals surface area contributed by atoms with E-state index in [1.54, 1.807) is 24.3 Å². The van der Waals surface area contributed by atoms with Crippen molar-refractivity contribution in [1.82, 2.24) is 0 Å². The van der Waals surface area contributed by atoms with Crippen LogP contribution in [0.25, 0.3) is 5.76 Å². The normalized spacial score (nSPS) is 14.7. The number of carbonyl (C=O) groups is 2. The fraction of sp³-hybridized carbons (Fsp3) is 0.154. The third-order valence-corrected chi connectivity index (χ3v) is 5.56. The molecule has 1 aliphatic rings. The molecule has 4 rings (SSSR count). The van der Waals surface area contributed by atoms with E-state index in [1.807, 2.05) is 25.1 Å². The van der Waals surface area contributed by atoms with Crippen LogP contribution in [0.5, 0.6) is 0 Å². The zero-order chi connectivity index (χ0) is 20.4. The number of aliphatic hydroxyl groups excluding tert-OH is 1. The molecule has 3 nitrogen and oxygen atoms in total. The molecule has 0 aliphatic heterocycles. The Hall–Kier alpha value is -3.46. The van der Waals surface area contributed by atoms with Crippen LogP contribution in [-0.2, 0) is 4.79 Å². The van der Waals surface area contributed by atoms with Gasteiger partial charge in [-0.15, -0.1) is 0 Å². The highest BCUT2D eigenvalue weighted by molar-refractivity contribution is 6.52. The van der Waals surface area contributed by atoms with Crippen LogP contribution in [0.15, 0.2) is 84.4 Å². The molecule has 0 fully saturated rings. The van der Waals surface area contributed by atoms with Gasteiger partial charge in [0, 0.05) is 22.6 Å². The fourth-order valence-electron chi connectivity index (χ4n) is 3.95. The first-order chi connectivity index (χ1) is 14.1. The number of Topliss-reactive ketones (excluding diaryl/α,β-unsaturated/α-hetero) is 2. The fourth-order valence-corrected chi connectivity index (χ4v) is 3.95. The molecule has 0 bridgehead atoms. The van der Waals surface area contributed by atoms with Gasteiger partial charge in [-0.2, -0.15) is 0 Å². The number of fused-ring (bicyclic) bond motifs is 1. The van der Waals surface area contributed by atoms with Crippen LogP contribution in [0.1, 0.15) is 51.4 Å². The number of aryl methyl sites for hydroxylation is 1. The van der Waals surface area contributed by atoms with Crippen LogP contribution in [0, 0.1) is 6.92 Å². The van der Waals surface area contributed by atoms with Gasteiger partial charge >= 0.3 is 0 Å². The van der Waals surface area contributed by atoms with Crippen molar-refractivity contribution < 1.29 is 14.7 Å². The van der Waals surface area contributed by atoms with Crippen molar-refractivity contribution in [2.45, 2.75) is 25.7 Å². The number of hydrogen-bond donors (Lipinski definition) is 1. The lowest BCUT2D eigenvalue weighted by molar-refractivity contribution is -0.112. The maximum atomic E-state index is 12.7. The van der Waals surface area contributed by atoms with Gasteiger partial charge in [-0.3, -0.25) is 9.59 Å². The standard InChI is InChI=1S/C26H22O3/c1-17-11-13-19(14-12-17)20(18-7-3-2-4-8-18)15-16-23-24(27)21-9-5-6-10-22(21)25(28)26(23)29/h2-14,20,27H,15-16H2,1H3. The summed E-state index contributed by atoms with van der Waals surface area (Å²) in [4.78, 5) is 25.2. The molecule has 0 amide bonds. The Kier molecular flexibility index (Phi) is 5.13. The number of benzene rings is 3. The highest BCUT2D eigenvalue weighted by atomic mass is 16.3. The molecule has 0 aromatic heterocycles. The zero-order valence-electron chi connectivity index (χ0n) is 16.3. The third kappa shape index (κ3) is 3.64. The van der Waals surface area contributed by atoms with Crippen LogP contribution in [0.3, 0.4) is 0 Å². The van der Waals surface area contributed by atoms with Gasteiger partial charge in [-0.1, -0.05) is 84.4 Å². The Morgan fingerprint density at radius 1 is 0.724 bits per heavy atom. The lowest BCUT2D eigenvalue weighted by atomic mass is 9.82. The first-order valence-electron chi connectivity index (χ1n) is 9.78. The number of allylic oxidation sites excluding steroid dienone is 1. The molecule has 3 aromatic rings. The molecule has 1 aliphatic carbocycles. The zero-order valence-corrected chi connectivity index (χ0v) is 16.3. The van der Waals surface area contributed by atoms with Crippen LogP contribution in [0.4, 0.5) is 0 Å². The minimum Gasteiger partial charge on any atom is -0.507 e. The van der Waals surface area contributed by atoms with Crippen molar-refractivity contribution in [2.75, 3.05) is 0 Å². The summed E-state index contributed by atoms with van der Waals surface area (Å²) in [7, 11) is 0. The van der Waals surface area contributed by atoms with Gasteiger partial charge in [0.15, 0.2) is 0 Å². The predicted octanol–water partition coefficient (Wildman–Crippen LogP) is 5.64. The number of ketones is 2. The molecule has 3 heteroatoms. The Labute approximate surface area is 170 Å². The summed E-state index contributed by atoms with van der Waals surface area (Å²) in [6, 6.07) is 25.2. The number of aliphatic hydroxyl groups is 1. The van der Waals surface area contributed by atoms with Crippen molar-refractivity contribution in [3.63, 3.8) is 0 Å². The van der Waals surface area contributed by atoms with Gasteiger partial charge in [0.25, 0.3) is 0 Å². The molecule has 1 atom stereocenters.